The molecule has 1 amide bonds. The van der Waals surface area contributed by atoms with Gasteiger partial charge in [-0.3, -0.25) is 4.79 Å². The van der Waals surface area contributed by atoms with Crippen LogP contribution in [0.4, 0.5) is 10.2 Å². The van der Waals surface area contributed by atoms with E-state index in [1.165, 1.54) is 0 Å². The standard InChI is InChI=1S/C23H25FN6OS/c1-3-15-16(11-25)22(30-10-9-19(28-2)18(24)13-30)29-23(17(15)12-26)32-20(21(27)31)14-7-5-4-6-8-14/h4-8,18-20,28H,3,9-10,13H2,1-2H3,(H2,27,31). The van der Waals surface area contributed by atoms with E-state index in [1.54, 1.807) is 36.2 Å². The molecule has 1 aliphatic heterocycles. The van der Waals surface area contributed by atoms with Crippen LogP contribution in [0, 0.1) is 22.7 Å². The zero-order chi connectivity index (χ0) is 23.3. The molecule has 0 spiro atoms. The van der Waals surface area contributed by atoms with Gasteiger partial charge >= 0.3 is 0 Å². The number of nitrogens with one attached hydrogen (secondary N) is 1. The Labute approximate surface area is 191 Å². The molecule has 1 aromatic carbocycles. The van der Waals surface area contributed by atoms with Crippen molar-refractivity contribution in [3.05, 3.63) is 52.6 Å². The van der Waals surface area contributed by atoms with Gasteiger partial charge in [-0.25, -0.2) is 9.37 Å². The molecule has 3 rings (SSSR count). The molecule has 166 valence electrons. The number of primary amides is 1. The van der Waals surface area contributed by atoms with Crippen LogP contribution < -0.4 is 16.0 Å². The topological polar surface area (TPSA) is 119 Å². The maximum absolute atomic E-state index is 14.7. The molecule has 7 nitrogen and oxygen atoms in total. The number of nitriles is 2. The van der Waals surface area contributed by atoms with Crippen molar-refractivity contribution in [2.45, 2.75) is 42.3 Å². The number of rotatable bonds is 7. The van der Waals surface area contributed by atoms with Gasteiger partial charge in [0.15, 0.2) is 0 Å². The molecule has 2 aromatic rings. The molecule has 1 saturated heterocycles. The van der Waals surface area contributed by atoms with Crippen LogP contribution in [0.3, 0.4) is 0 Å². The number of thioether (sulfide) groups is 1. The fourth-order valence-corrected chi connectivity index (χ4v) is 5.01. The minimum Gasteiger partial charge on any atom is -0.368 e. The molecule has 0 bridgehead atoms. The molecule has 3 unspecified atom stereocenters. The minimum absolute atomic E-state index is 0.0876. The van der Waals surface area contributed by atoms with Crippen molar-refractivity contribution in [1.29, 1.82) is 10.5 Å². The first kappa shape index (κ1) is 23.5. The van der Waals surface area contributed by atoms with E-state index in [0.29, 0.717) is 41.4 Å². The summed E-state index contributed by atoms with van der Waals surface area (Å²) in [6.45, 7) is 2.46. The third-order valence-corrected chi connectivity index (χ3v) is 6.89. The van der Waals surface area contributed by atoms with Gasteiger partial charge in [-0.05, 0) is 31.0 Å². The second-order valence-electron chi connectivity index (χ2n) is 7.50. The number of alkyl halides is 1. The molecular formula is C23H25FN6OS. The first-order valence-corrected chi connectivity index (χ1v) is 11.3. The number of carbonyl (C=O) groups excluding carboxylic acids is 1. The summed E-state index contributed by atoms with van der Waals surface area (Å²) < 4.78 is 14.7. The molecule has 0 radical (unpaired) electrons. The third-order valence-electron chi connectivity index (χ3n) is 5.63. The predicted octanol–water partition coefficient (Wildman–Crippen LogP) is 2.84. The number of aromatic nitrogens is 1. The molecule has 1 fully saturated rings. The van der Waals surface area contributed by atoms with Crippen molar-refractivity contribution in [3.8, 4) is 12.1 Å². The molecule has 3 N–H and O–H groups in total. The molecule has 0 saturated carbocycles. The normalized spacial score (nSPS) is 19.1. The van der Waals surface area contributed by atoms with Crippen molar-refractivity contribution in [2.75, 3.05) is 25.0 Å². The van der Waals surface area contributed by atoms with E-state index in [0.717, 1.165) is 11.8 Å². The number of piperidine rings is 1. The maximum atomic E-state index is 14.7. The number of hydrogen-bond acceptors (Lipinski definition) is 7. The van der Waals surface area contributed by atoms with E-state index in [1.807, 2.05) is 13.0 Å². The highest BCUT2D eigenvalue weighted by atomic mass is 32.2. The number of nitrogens with two attached hydrogens (primary N) is 1. The van der Waals surface area contributed by atoms with E-state index in [2.05, 4.69) is 22.4 Å². The zero-order valence-electron chi connectivity index (χ0n) is 18.0. The summed E-state index contributed by atoms with van der Waals surface area (Å²) in [5.74, 6) is -0.214. The van der Waals surface area contributed by atoms with Crippen molar-refractivity contribution in [1.82, 2.24) is 10.3 Å². The Morgan fingerprint density at radius 2 is 2.03 bits per heavy atom. The highest BCUT2D eigenvalue weighted by molar-refractivity contribution is 8.00. The summed E-state index contributed by atoms with van der Waals surface area (Å²) in [5, 5.41) is 22.3. The lowest BCUT2D eigenvalue weighted by Crippen LogP contribution is -2.50. The van der Waals surface area contributed by atoms with Gasteiger partial charge < -0.3 is 16.0 Å². The van der Waals surface area contributed by atoms with Gasteiger partial charge in [0.05, 0.1) is 17.7 Å². The van der Waals surface area contributed by atoms with Crippen LogP contribution in [0.5, 0.6) is 0 Å². The van der Waals surface area contributed by atoms with Gasteiger partial charge in [0.25, 0.3) is 0 Å². The molecule has 1 aromatic heterocycles. The smallest absolute Gasteiger partial charge is 0.235 e. The zero-order valence-corrected chi connectivity index (χ0v) is 18.8. The molecular weight excluding hydrogens is 427 g/mol. The number of halogens is 1. The van der Waals surface area contributed by atoms with E-state index >= 15 is 0 Å². The Morgan fingerprint density at radius 3 is 2.56 bits per heavy atom. The second-order valence-corrected chi connectivity index (χ2v) is 8.60. The Balaban J connectivity index is 2.10. The number of pyridine rings is 1. The molecule has 2 heterocycles. The van der Waals surface area contributed by atoms with E-state index in [-0.39, 0.29) is 23.7 Å². The molecule has 3 atom stereocenters. The SMILES string of the molecule is CCc1c(C#N)c(SC(C(N)=O)c2ccccc2)nc(N2CCC(NC)C(F)C2)c1C#N. The maximum Gasteiger partial charge on any atom is 0.235 e. The monoisotopic (exact) mass is 452 g/mol. The van der Waals surface area contributed by atoms with Gasteiger partial charge in [0.2, 0.25) is 5.91 Å². The van der Waals surface area contributed by atoms with Crippen molar-refractivity contribution >= 4 is 23.5 Å². The molecule has 32 heavy (non-hydrogen) atoms. The van der Waals surface area contributed by atoms with E-state index in [9.17, 15) is 19.7 Å². The fraction of sp³-hybridized carbons (Fsp3) is 0.391. The average molecular weight is 453 g/mol. The van der Waals surface area contributed by atoms with Gasteiger partial charge in [0.1, 0.15) is 34.4 Å². The largest absolute Gasteiger partial charge is 0.368 e. The lowest BCUT2D eigenvalue weighted by Gasteiger charge is -2.36. The van der Waals surface area contributed by atoms with Gasteiger partial charge in [-0.15, -0.1) is 0 Å². The number of hydrogen-bond donors (Lipinski definition) is 2. The van der Waals surface area contributed by atoms with Crippen LogP contribution in [0.1, 0.15) is 40.8 Å². The molecule has 0 aliphatic carbocycles. The minimum atomic E-state index is -1.12. The summed E-state index contributed by atoms with van der Waals surface area (Å²) in [5.41, 5.74) is 7.44. The van der Waals surface area contributed by atoms with Crippen molar-refractivity contribution < 1.29 is 9.18 Å². The first-order chi connectivity index (χ1) is 15.4. The number of nitrogens with zero attached hydrogens (tertiary/aromatic N) is 4. The Kier molecular flexibility index (Phi) is 7.68. The quantitative estimate of drug-likeness (QED) is 0.620. The van der Waals surface area contributed by atoms with Gasteiger partial charge in [0, 0.05) is 12.6 Å². The second kappa shape index (κ2) is 10.4. The van der Waals surface area contributed by atoms with Crippen LogP contribution in [-0.4, -0.2) is 43.2 Å². The highest BCUT2D eigenvalue weighted by Crippen LogP contribution is 2.40. The summed E-state index contributed by atoms with van der Waals surface area (Å²) >= 11 is 1.08. The lowest BCUT2D eigenvalue weighted by molar-refractivity contribution is -0.117. The lowest BCUT2D eigenvalue weighted by atomic mass is 9.99. The Morgan fingerprint density at radius 1 is 1.34 bits per heavy atom. The van der Waals surface area contributed by atoms with Crippen molar-refractivity contribution in [2.24, 2.45) is 5.73 Å². The van der Waals surface area contributed by atoms with Crippen LogP contribution in [-0.2, 0) is 11.2 Å². The Bertz CT molecular complexity index is 1060. The van der Waals surface area contributed by atoms with Crippen molar-refractivity contribution in [3.63, 3.8) is 0 Å². The van der Waals surface area contributed by atoms with Crippen LogP contribution in [0.25, 0.3) is 0 Å². The van der Waals surface area contributed by atoms with Crippen LogP contribution >= 0.6 is 11.8 Å². The highest BCUT2D eigenvalue weighted by Gasteiger charge is 2.32. The molecule has 9 heteroatoms. The number of amides is 1. The van der Waals surface area contributed by atoms with E-state index in [4.69, 9.17) is 5.73 Å². The number of anilines is 1. The van der Waals surface area contributed by atoms with Gasteiger partial charge in [-0.2, -0.15) is 10.5 Å². The fourth-order valence-electron chi connectivity index (χ4n) is 3.95. The van der Waals surface area contributed by atoms with E-state index < -0.39 is 17.3 Å². The first-order valence-electron chi connectivity index (χ1n) is 10.4. The number of carbonyl (C=O) groups is 1. The molecule has 1 aliphatic rings. The average Bonchev–Trinajstić information content (AvgIpc) is 2.81. The number of benzene rings is 1. The summed E-state index contributed by atoms with van der Waals surface area (Å²) in [4.78, 5) is 18.6. The van der Waals surface area contributed by atoms with Crippen LogP contribution in [0.15, 0.2) is 35.4 Å². The van der Waals surface area contributed by atoms with Crippen LogP contribution in [0.2, 0.25) is 0 Å². The predicted molar refractivity (Wildman–Crippen MR) is 122 cm³/mol. The third kappa shape index (κ3) is 4.69. The Hall–Kier alpha value is -3.14. The summed E-state index contributed by atoms with van der Waals surface area (Å²) in [6.07, 6.45) is -0.142. The summed E-state index contributed by atoms with van der Waals surface area (Å²) in [7, 11) is 1.73. The summed E-state index contributed by atoms with van der Waals surface area (Å²) in [6, 6.07) is 13.1. The van der Waals surface area contributed by atoms with Gasteiger partial charge in [-0.1, -0.05) is 49.0 Å².